The summed E-state index contributed by atoms with van der Waals surface area (Å²) >= 11 is 17.5. The Morgan fingerprint density at radius 3 is 2.00 bits per heavy atom. The lowest BCUT2D eigenvalue weighted by Crippen LogP contribution is -2.13. The Hall–Kier alpha value is -1.53. The van der Waals surface area contributed by atoms with E-state index in [2.05, 4.69) is 5.32 Å². The number of carbonyl (C=O) groups excluding carboxylic acids is 1. The number of hydrogen-bond donors (Lipinski definition) is 1. The Morgan fingerprint density at radius 2 is 1.50 bits per heavy atom. The standard InChI is InChI=1S/C16H12Cl3NO3S/c1-10(21)16(9-20-14-7-12(18)6-13(19)8-14)24(22,23)15-4-2-11(17)3-5-15/h2-9,20H,1H3/b16-9-. The highest BCUT2D eigenvalue weighted by Crippen LogP contribution is 2.25. The number of ketones is 1. The molecule has 0 aliphatic rings. The number of halogens is 3. The van der Waals surface area contributed by atoms with E-state index in [0.29, 0.717) is 20.8 Å². The van der Waals surface area contributed by atoms with Crippen LogP contribution >= 0.6 is 34.8 Å². The second kappa shape index (κ2) is 7.57. The van der Waals surface area contributed by atoms with Gasteiger partial charge in [0.15, 0.2) is 5.78 Å². The molecule has 0 radical (unpaired) electrons. The van der Waals surface area contributed by atoms with Gasteiger partial charge in [-0.2, -0.15) is 0 Å². The molecular weight excluding hydrogens is 393 g/mol. The molecule has 0 amide bonds. The summed E-state index contributed by atoms with van der Waals surface area (Å²) in [4.78, 5) is 11.4. The minimum absolute atomic E-state index is 0.0284. The van der Waals surface area contributed by atoms with Gasteiger partial charge in [0.2, 0.25) is 9.84 Å². The number of carbonyl (C=O) groups is 1. The molecule has 0 saturated heterocycles. The van der Waals surface area contributed by atoms with E-state index < -0.39 is 15.6 Å². The molecule has 8 heteroatoms. The molecule has 24 heavy (non-hydrogen) atoms. The van der Waals surface area contributed by atoms with E-state index in [-0.39, 0.29) is 9.80 Å². The number of anilines is 1. The van der Waals surface area contributed by atoms with Gasteiger partial charge in [-0.25, -0.2) is 8.42 Å². The monoisotopic (exact) mass is 403 g/mol. The van der Waals surface area contributed by atoms with Gasteiger partial charge in [0.25, 0.3) is 0 Å². The molecule has 0 aromatic heterocycles. The third kappa shape index (κ3) is 4.51. The minimum atomic E-state index is -3.98. The zero-order valence-electron chi connectivity index (χ0n) is 12.4. The topological polar surface area (TPSA) is 63.2 Å². The van der Waals surface area contributed by atoms with Crippen molar-refractivity contribution in [3.05, 3.63) is 68.6 Å². The van der Waals surface area contributed by atoms with Crippen molar-refractivity contribution in [1.82, 2.24) is 0 Å². The van der Waals surface area contributed by atoms with Crippen molar-refractivity contribution in [3.63, 3.8) is 0 Å². The van der Waals surface area contributed by atoms with Crippen molar-refractivity contribution in [2.45, 2.75) is 11.8 Å². The maximum Gasteiger partial charge on any atom is 0.211 e. The van der Waals surface area contributed by atoms with Gasteiger partial charge in [0.1, 0.15) is 4.91 Å². The highest BCUT2D eigenvalue weighted by atomic mass is 35.5. The molecule has 0 fully saturated rings. The quantitative estimate of drug-likeness (QED) is 0.715. The number of sulfone groups is 1. The summed E-state index contributed by atoms with van der Waals surface area (Å²) in [5, 5.41) is 3.89. The summed E-state index contributed by atoms with van der Waals surface area (Å²) in [6.07, 6.45) is 1.12. The number of nitrogens with one attached hydrogen (secondary N) is 1. The maximum atomic E-state index is 12.6. The van der Waals surface area contributed by atoms with Crippen LogP contribution in [0.25, 0.3) is 0 Å². The zero-order valence-corrected chi connectivity index (χ0v) is 15.5. The van der Waals surface area contributed by atoms with E-state index in [1.165, 1.54) is 37.3 Å². The minimum Gasteiger partial charge on any atom is -0.360 e. The fourth-order valence-electron chi connectivity index (χ4n) is 1.90. The van der Waals surface area contributed by atoms with Crippen LogP contribution in [0.5, 0.6) is 0 Å². The van der Waals surface area contributed by atoms with E-state index in [4.69, 9.17) is 34.8 Å². The van der Waals surface area contributed by atoms with Crippen LogP contribution in [0.3, 0.4) is 0 Å². The lowest BCUT2D eigenvalue weighted by atomic mass is 10.3. The van der Waals surface area contributed by atoms with Gasteiger partial charge < -0.3 is 5.32 Å². The van der Waals surface area contributed by atoms with Gasteiger partial charge in [0.05, 0.1) is 4.90 Å². The van der Waals surface area contributed by atoms with Crippen LogP contribution in [0.4, 0.5) is 5.69 Å². The first kappa shape index (κ1) is 18.8. The molecule has 2 rings (SSSR count). The Kier molecular flexibility index (Phi) is 5.93. The van der Waals surface area contributed by atoms with E-state index >= 15 is 0 Å². The van der Waals surface area contributed by atoms with Gasteiger partial charge in [-0.1, -0.05) is 34.8 Å². The molecule has 0 saturated carbocycles. The third-order valence-corrected chi connectivity index (χ3v) is 5.56. The first-order chi connectivity index (χ1) is 11.2. The number of Topliss-reactive ketones (excluding diaryl/α,β-unsaturated/α-hetero) is 1. The second-order valence-corrected chi connectivity index (χ2v) is 8.05. The van der Waals surface area contributed by atoms with Crippen molar-refractivity contribution >= 4 is 56.1 Å². The van der Waals surface area contributed by atoms with Gasteiger partial charge in [0, 0.05) is 27.0 Å². The van der Waals surface area contributed by atoms with Crippen molar-refractivity contribution in [2.24, 2.45) is 0 Å². The fraction of sp³-hybridized carbons (Fsp3) is 0.0625. The average molecular weight is 405 g/mol. The van der Waals surface area contributed by atoms with Gasteiger partial charge in [-0.05, 0) is 49.4 Å². The number of benzene rings is 2. The molecule has 0 unspecified atom stereocenters. The lowest BCUT2D eigenvalue weighted by molar-refractivity contribution is -0.113. The predicted molar refractivity (Wildman–Crippen MR) is 97.5 cm³/mol. The molecule has 0 atom stereocenters. The van der Waals surface area contributed by atoms with Crippen molar-refractivity contribution in [3.8, 4) is 0 Å². The smallest absolute Gasteiger partial charge is 0.211 e. The number of hydrogen-bond acceptors (Lipinski definition) is 4. The summed E-state index contributed by atoms with van der Waals surface area (Å²) in [7, 11) is -3.98. The molecule has 0 spiro atoms. The maximum absolute atomic E-state index is 12.6. The zero-order chi connectivity index (χ0) is 17.9. The molecule has 2 aromatic carbocycles. The molecule has 0 aliphatic heterocycles. The SMILES string of the molecule is CC(=O)/C(=C/Nc1cc(Cl)cc(Cl)c1)S(=O)(=O)c1ccc(Cl)cc1. The van der Waals surface area contributed by atoms with E-state index in [0.717, 1.165) is 6.20 Å². The van der Waals surface area contributed by atoms with E-state index in [1.807, 2.05) is 0 Å². The molecule has 0 aliphatic carbocycles. The molecule has 0 bridgehead atoms. The Morgan fingerprint density at radius 1 is 0.958 bits per heavy atom. The Labute approximate surface area is 155 Å². The van der Waals surface area contributed by atoms with Crippen LogP contribution in [0.2, 0.25) is 15.1 Å². The first-order valence-electron chi connectivity index (χ1n) is 6.64. The van der Waals surface area contributed by atoms with Crippen LogP contribution in [0, 0.1) is 0 Å². The van der Waals surface area contributed by atoms with Crippen molar-refractivity contribution in [1.29, 1.82) is 0 Å². The summed E-state index contributed by atoms with van der Waals surface area (Å²) in [6, 6.07) is 10.2. The largest absolute Gasteiger partial charge is 0.360 e. The molecule has 126 valence electrons. The van der Waals surface area contributed by atoms with Crippen LogP contribution in [-0.2, 0) is 14.6 Å². The van der Waals surface area contributed by atoms with Crippen LogP contribution < -0.4 is 5.32 Å². The molecule has 1 N–H and O–H groups in total. The summed E-state index contributed by atoms with van der Waals surface area (Å²) in [5.41, 5.74) is 0.456. The highest BCUT2D eigenvalue weighted by molar-refractivity contribution is 7.96. The predicted octanol–water partition coefficient (Wildman–Crippen LogP) is 4.96. The highest BCUT2D eigenvalue weighted by Gasteiger charge is 2.24. The Bertz CT molecular complexity index is 886. The molecule has 4 nitrogen and oxygen atoms in total. The van der Waals surface area contributed by atoms with Crippen LogP contribution in [-0.4, -0.2) is 14.2 Å². The van der Waals surface area contributed by atoms with E-state index in [1.54, 1.807) is 12.1 Å². The third-order valence-electron chi connectivity index (χ3n) is 2.99. The molecule has 2 aromatic rings. The Balaban J connectivity index is 2.41. The van der Waals surface area contributed by atoms with Gasteiger partial charge in [-0.3, -0.25) is 4.79 Å². The average Bonchev–Trinajstić information content (AvgIpc) is 2.46. The van der Waals surface area contributed by atoms with Gasteiger partial charge >= 0.3 is 0 Å². The summed E-state index contributed by atoms with van der Waals surface area (Å²) < 4.78 is 25.2. The van der Waals surface area contributed by atoms with Crippen molar-refractivity contribution in [2.75, 3.05) is 5.32 Å². The number of allylic oxidation sites excluding steroid dienone is 1. The lowest BCUT2D eigenvalue weighted by Gasteiger charge is -2.08. The van der Waals surface area contributed by atoms with Gasteiger partial charge in [-0.15, -0.1) is 0 Å². The van der Waals surface area contributed by atoms with Crippen molar-refractivity contribution < 1.29 is 13.2 Å². The van der Waals surface area contributed by atoms with Crippen LogP contribution in [0.1, 0.15) is 6.92 Å². The summed E-state index contributed by atoms with van der Waals surface area (Å²) in [5.74, 6) is -0.606. The first-order valence-corrected chi connectivity index (χ1v) is 9.26. The van der Waals surface area contributed by atoms with E-state index in [9.17, 15) is 13.2 Å². The normalized spacial score (nSPS) is 12.1. The van der Waals surface area contributed by atoms with Crippen LogP contribution in [0.15, 0.2) is 58.5 Å². The second-order valence-electron chi connectivity index (χ2n) is 4.82. The molecular formula is C16H12Cl3NO3S. The molecule has 0 heterocycles. The number of rotatable bonds is 5. The summed E-state index contributed by atoms with van der Waals surface area (Å²) in [6.45, 7) is 1.17. The fourth-order valence-corrected chi connectivity index (χ4v) is 3.89.